The van der Waals surface area contributed by atoms with Gasteiger partial charge in [-0.25, -0.2) is 0 Å². The molecule has 1 heterocycles. The Labute approximate surface area is 107 Å². The minimum atomic E-state index is 0.568. The van der Waals surface area contributed by atoms with Gasteiger partial charge in [0.15, 0.2) is 0 Å². The summed E-state index contributed by atoms with van der Waals surface area (Å²) in [4.78, 5) is 1.11. The van der Waals surface area contributed by atoms with E-state index in [2.05, 4.69) is 29.6 Å². The average molecular weight is 254 g/mol. The summed E-state index contributed by atoms with van der Waals surface area (Å²) in [5.41, 5.74) is 2.34. The van der Waals surface area contributed by atoms with Gasteiger partial charge < -0.3 is 5.32 Å². The van der Waals surface area contributed by atoms with Gasteiger partial charge in [0, 0.05) is 10.7 Å². The lowest BCUT2D eigenvalue weighted by Gasteiger charge is -2.23. The molecule has 1 nitrogen and oxygen atoms in total. The van der Waals surface area contributed by atoms with Gasteiger partial charge in [0.25, 0.3) is 0 Å². The van der Waals surface area contributed by atoms with Crippen LogP contribution in [0.25, 0.3) is 0 Å². The van der Waals surface area contributed by atoms with E-state index in [1.807, 2.05) is 0 Å². The molecule has 0 spiro atoms. The Morgan fingerprint density at radius 1 is 1.25 bits per heavy atom. The van der Waals surface area contributed by atoms with Crippen molar-refractivity contribution < 1.29 is 0 Å². The van der Waals surface area contributed by atoms with Gasteiger partial charge in [-0.3, -0.25) is 0 Å². The first kappa shape index (κ1) is 12.0. The molecule has 0 amide bonds. The van der Waals surface area contributed by atoms with Crippen molar-refractivity contribution in [2.75, 3.05) is 13.1 Å². The van der Waals surface area contributed by atoms with Gasteiger partial charge in [0.2, 0.25) is 0 Å². The van der Waals surface area contributed by atoms with E-state index in [9.17, 15) is 0 Å². The van der Waals surface area contributed by atoms with Crippen molar-refractivity contribution in [3.8, 4) is 0 Å². The molecule has 0 radical (unpaired) electrons. The zero-order valence-electron chi connectivity index (χ0n) is 9.21. The number of piperidine rings is 1. The summed E-state index contributed by atoms with van der Waals surface area (Å²) in [5.74, 6) is 1.14. The number of halogens is 1. The SMILES string of the molecule is S=C(c1ccc(CCl)cc1)C1CCNCC1. The number of rotatable bonds is 3. The molecule has 1 aromatic carbocycles. The zero-order chi connectivity index (χ0) is 11.4. The molecular weight excluding hydrogens is 238 g/mol. The highest BCUT2D eigenvalue weighted by molar-refractivity contribution is 7.80. The van der Waals surface area contributed by atoms with Gasteiger partial charge >= 0.3 is 0 Å². The standard InChI is InChI=1S/C13H16ClNS/c14-9-10-1-3-11(4-2-10)13(16)12-5-7-15-8-6-12/h1-4,12,15H,5-9H2. The fraction of sp³-hybridized carbons (Fsp3) is 0.462. The molecule has 2 rings (SSSR count). The fourth-order valence-electron chi connectivity index (χ4n) is 2.08. The van der Waals surface area contributed by atoms with Crippen LogP contribution in [0.15, 0.2) is 24.3 Å². The van der Waals surface area contributed by atoms with Gasteiger partial charge in [-0.05, 0) is 43.0 Å². The van der Waals surface area contributed by atoms with E-state index in [-0.39, 0.29) is 0 Å². The van der Waals surface area contributed by atoms with Crippen molar-refractivity contribution in [1.82, 2.24) is 5.32 Å². The van der Waals surface area contributed by atoms with Crippen LogP contribution >= 0.6 is 23.8 Å². The number of hydrogen-bond acceptors (Lipinski definition) is 2. The second kappa shape index (κ2) is 5.76. The van der Waals surface area contributed by atoms with Crippen molar-refractivity contribution in [1.29, 1.82) is 0 Å². The number of benzene rings is 1. The van der Waals surface area contributed by atoms with Crippen LogP contribution in [0.4, 0.5) is 0 Å². The summed E-state index contributed by atoms with van der Waals surface area (Å²) in [5, 5.41) is 3.36. The molecule has 0 saturated carbocycles. The summed E-state index contributed by atoms with van der Waals surface area (Å²) in [7, 11) is 0. The molecule has 0 aliphatic carbocycles. The third kappa shape index (κ3) is 2.82. The first-order valence-corrected chi connectivity index (χ1v) is 6.65. The van der Waals surface area contributed by atoms with E-state index in [1.165, 1.54) is 5.56 Å². The number of hydrogen-bond donors (Lipinski definition) is 1. The average Bonchev–Trinajstić information content (AvgIpc) is 2.39. The molecule has 1 aromatic rings. The summed E-state index contributed by atoms with van der Waals surface area (Å²) in [6, 6.07) is 8.33. The monoisotopic (exact) mass is 253 g/mol. The van der Waals surface area contributed by atoms with E-state index in [1.54, 1.807) is 0 Å². The maximum atomic E-state index is 5.77. The Kier molecular flexibility index (Phi) is 4.33. The Balaban J connectivity index is 2.07. The van der Waals surface area contributed by atoms with Crippen molar-refractivity contribution in [2.24, 2.45) is 5.92 Å². The third-order valence-electron chi connectivity index (χ3n) is 3.10. The van der Waals surface area contributed by atoms with Crippen molar-refractivity contribution >= 4 is 28.7 Å². The minimum absolute atomic E-state index is 0.568. The van der Waals surface area contributed by atoms with E-state index >= 15 is 0 Å². The maximum absolute atomic E-state index is 5.77. The lowest BCUT2D eigenvalue weighted by atomic mass is 9.90. The van der Waals surface area contributed by atoms with Crippen LogP contribution in [0.1, 0.15) is 24.0 Å². The summed E-state index contributed by atoms with van der Waals surface area (Å²) >= 11 is 11.3. The zero-order valence-corrected chi connectivity index (χ0v) is 10.8. The third-order valence-corrected chi connectivity index (χ3v) is 3.98. The van der Waals surface area contributed by atoms with Crippen LogP contribution in [0.5, 0.6) is 0 Å². The van der Waals surface area contributed by atoms with Crippen LogP contribution in [-0.4, -0.2) is 18.0 Å². The molecule has 0 unspecified atom stereocenters. The molecule has 3 heteroatoms. The summed E-state index contributed by atoms with van der Waals surface area (Å²) in [6.45, 7) is 2.18. The van der Waals surface area contributed by atoms with E-state index in [4.69, 9.17) is 23.8 Å². The Morgan fingerprint density at radius 2 is 1.88 bits per heavy atom. The van der Waals surface area contributed by atoms with Crippen molar-refractivity contribution in [2.45, 2.75) is 18.7 Å². The topological polar surface area (TPSA) is 12.0 Å². The van der Waals surface area contributed by atoms with Crippen LogP contribution < -0.4 is 5.32 Å². The molecular formula is C13H16ClNS. The second-order valence-electron chi connectivity index (χ2n) is 4.22. The largest absolute Gasteiger partial charge is 0.317 e. The quantitative estimate of drug-likeness (QED) is 0.505. The summed E-state index contributed by atoms with van der Waals surface area (Å²) in [6.07, 6.45) is 2.33. The lowest BCUT2D eigenvalue weighted by Crippen LogP contribution is -2.31. The number of thiocarbonyl (C=S) groups is 1. The van der Waals surface area contributed by atoms with Crippen LogP contribution in [0.2, 0.25) is 0 Å². The van der Waals surface area contributed by atoms with Crippen molar-refractivity contribution in [3.63, 3.8) is 0 Å². The fourth-order valence-corrected chi connectivity index (χ4v) is 2.63. The lowest BCUT2D eigenvalue weighted by molar-refractivity contribution is 0.460. The van der Waals surface area contributed by atoms with Crippen molar-refractivity contribution in [3.05, 3.63) is 35.4 Å². The van der Waals surface area contributed by atoms with Gasteiger partial charge in [-0.2, -0.15) is 0 Å². The Bertz CT molecular complexity index is 355. The first-order valence-electron chi connectivity index (χ1n) is 5.71. The molecule has 1 aliphatic rings. The molecule has 0 atom stereocenters. The number of nitrogens with one attached hydrogen (secondary N) is 1. The van der Waals surface area contributed by atoms with E-state index in [0.717, 1.165) is 36.4 Å². The highest BCUT2D eigenvalue weighted by atomic mass is 35.5. The Hall–Kier alpha value is -0.440. The first-order chi connectivity index (χ1) is 7.81. The highest BCUT2D eigenvalue weighted by Gasteiger charge is 2.18. The van der Waals surface area contributed by atoms with E-state index < -0.39 is 0 Å². The van der Waals surface area contributed by atoms with Gasteiger partial charge in [0.05, 0.1) is 0 Å². The molecule has 1 N–H and O–H groups in total. The Morgan fingerprint density at radius 3 is 2.44 bits per heavy atom. The molecule has 16 heavy (non-hydrogen) atoms. The molecule has 0 aromatic heterocycles. The van der Waals surface area contributed by atoms with Gasteiger partial charge in [-0.1, -0.05) is 36.5 Å². The molecule has 1 saturated heterocycles. The molecule has 1 fully saturated rings. The normalized spacial score (nSPS) is 17.3. The molecule has 86 valence electrons. The predicted molar refractivity (Wildman–Crippen MR) is 73.3 cm³/mol. The maximum Gasteiger partial charge on any atom is 0.0474 e. The second-order valence-corrected chi connectivity index (χ2v) is 4.93. The van der Waals surface area contributed by atoms with Gasteiger partial charge in [0.1, 0.15) is 0 Å². The van der Waals surface area contributed by atoms with Crippen LogP contribution in [-0.2, 0) is 5.88 Å². The van der Waals surface area contributed by atoms with Crippen LogP contribution in [0.3, 0.4) is 0 Å². The minimum Gasteiger partial charge on any atom is -0.317 e. The number of alkyl halides is 1. The molecule has 1 aliphatic heterocycles. The predicted octanol–water partition coefficient (Wildman–Crippen LogP) is 3.14. The van der Waals surface area contributed by atoms with E-state index in [0.29, 0.717) is 11.8 Å². The highest BCUT2D eigenvalue weighted by Crippen LogP contribution is 2.20. The van der Waals surface area contributed by atoms with Crippen LogP contribution in [0, 0.1) is 5.92 Å². The molecule has 0 bridgehead atoms. The summed E-state index contributed by atoms with van der Waals surface area (Å²) < 4.78 is 0. The smallest absolute Gasteiger partial charge is 0.0474 e. The van der Waals surface area contributed by atoms with Gasteiger partial charge in [-0.15, -0.1) is 11.6 Å².